The minimum Gasteiger partial charge on any atom is -0.442 e. The highest BCUT2D eigenvalue weighted by molar-refractivity contribution is 5.71. The van der Waals surface area contributed by atoms with E-state index in [1.165, 1.54) is 0 Å². The van der Waals surface area contributed by atoms with Gasteiger partial charge in [0.15, 0.2) is 0 Å². The van der Waals surface area contributed by atoms with E-state index >= 15 is 0 Å². The van der Waals surface area contributed by atoms with Gasteiger partial charge in [-0.1, -0.05) is 0 Å². The Kier molecular flexibility index (Phi) is 6.46. The van der Waals surface area contributed by atoms with Crippen LogP contribution < -0.4 is 0 Å². The molecular weight excluding hydrogens is 316 g/mol. The Morgan fingerprint density at radius 1 is 0.833 bits per heavy atom. The zero-order valence-electron chi connectivity index (χ0n) is 15.4. The predicted molar refractivity (Wildman–Crippen MR) is 87.6 cm³/mol. The minimum absolute atomic E-state index is 0.0989. The third-order valence-corrected chi connectivity index (χ3v) is 3.77. The monoisotopic (exact) mass is 346 g/mol. The second-order valence-electron chi connectivity index (χ2n) is 7.94. The first-order valence-corrected chi connectivity index (χ1v) is 8.08. The molecule has 2 amide bonds. The second-order valence-corrected chi connectivity index (χ2v) is 7.94. The first kappa shape index (κ1) is 20.5. The van der Waals surface area contributed by atoms with Gasteiger partial charge < -0.3 is 19.7 Å². The fourth-order valence-corrected chi connectivity index (χ4v) is 2.33. The largest absolute Gasteiger partial charge is 0.442 e. The molecule has 0 aliphatic carbocycles. The van der Waals surface area contributed by atoms with E-state index in [1.807, 2.05) is 41.5 Å². The van der Waals surface area contributed by atoms with E-state index in [9.17, 15) is 9.59 Å². The summed E-state index contributed by atoms with van der Waals surface area (Å²) in [4.78, 5) is 25.6. The first-order valence-electron chi connectivity index (χ1n) is 8.08. The van der Waals surface area contributed by atoms with Gasteiger partial charge in [0.25, 0.3) is 0 Å². The summed E-state index contributed by atoms with van der Waals surface area (Å²) in [5.41, 5.74) is -0.442. The molecule has 140 valence electrons. The normalized spacial score (nSPS) is 24.5. The second kappa shape index (κ2) is 7.57. The molecule has 0 aromatic rings. The van der Waals surface area contributed by atoms with Crippen molar-refractivity contribution in [2.45, 2.75) is 64.8 Å². The molecule has 2 heterocycles. The van der Waals surface area contributed by atoms with Gasteiger partial charge in [0.05, 0.1) is 26.3 Å². The quantitative estimate of drug-likeness (QED) is 0.779. The third kappa shape index (κ3) is 5.24. The summed E-state index contributed by atoms with van der Waals surface area (Å²) in [5, 5.41) is 17.5. The molecule has 0 spiro atoms. The van der Waals surface area contributed by atoms with Crippen molar-refractivity contribution in [2.24, 2.45) is 0 Å². The van der Waals surface area contributed by atoms with Gasteiger partial charge in [-0.25, -0.2) is 9.59 Å². The zero-order valence-corrected chi connectivity index (χ0v) is 15.4. The number of aliphatic hydroxyl groups excluding tert-OH is 2. The molecule has 0 radical (unpaired) electrons. The highest BCUT2D eigenvalue weighted by Crippen LogP contribution is 2.22. The van der Waals surface area contributed by atoms with Crippen molar-refractivity contribution in [3.63, 3.8) is 0 Å². The molecule has 8 heteroatoms. The summed E-state index contributed by atoms with van der Waals surface area (Å²) in [5.74, 6) is 0. The average Bonchev–Trinajstić information content (AvgIpc) is 3.01. The lowest BCUT2D eigenvalue weighted by Crippen LogP contribution is -2.42. The number of carbonyl (C=O) groups is 2. The van der Waals surface area contributed by atoms with Crippen LogP contribution in [0.1, 0.15) is 41.5 Å². The Balaban J connectivity index is 0.000000240. The molecule has 2 saturated heterocycles. The van der Waals surface area contributed by atoms with Gasteiger partial charge in [-0.15, -0.1) is 0 Å². The predicted octanol–water partition coefficient (Wildman–Crippen LogP) is 1.20. The topological polar surface area (TPSA) is 99.5 Å². The highest BCUT2D eigenvalue weighted by Gasteiger charge is 2.38. The molecule has 2 atom stereocenters. The van der Waals surface area contributed by atoms with E-state index in [2.05, 4.69) is 0 Å². The summed E-state index contributed by atoms with van der Waals surface area (Å²) in [6.07, 6.45) is -1.36. The summed E-state index contributed by atoms with van der Waals surface area (Å²) in [7, 11) is 0. The number of cyclic esters (lactones) is 2. The van der Waals surface area contributed by atoms with Gasteiger partial charge in [0.2, 0.25) is 0 Å². The fourth-order valence-electron chi connectivity index (χ4n) is 2.33. The smallest absolute Gasteiger partial charge is 0.410 e. The highest BCUT2D eigenvalue weighted by atomic mass is 16.6. The number of amides is 2. The Bertz CT molecular complexity index is 412. The summed E-state index contributed by atoms with van der Waals surface area (Å²) < 4.78 is 9.77. The molecule has 0 saturated carbocycles. The summed E-state index contributed by atoms with van der Waals surface area (Å²) >= 11 is 0. The summed E-state index contributed by atoms with van der Waals surface area (Å²) in [6, 6.07) is 0. The molecule has 0 unspecified atom stereocenters. The van der Waals surface area contributed by atoms with Crippen LogP contribution in [0.4, 0.5) is 9.59 Å². The Morgan fingerprint density at radius 3 is 1.25 bits per heavy atom. The molecule has 2 fully saturated rings. The van der Waals surface area contributed by atoms with Crippen molar-refractivity contribution in [3.8, 4) is 0 Å². The van der Waals surface area contributed by atoms with Gasteiger partial charge in [-0.05, 0) is 41.5 Å². The Hall–Kier alpha value is -1.54. The minimum atomic E-state index is -0.350. The van der Waals surface area contributed by atoms with Crippen LogP contribution in [0.5, 0.6) is 0 Å². The van der Waals surface area contributed by atoms with Crippen LogP contribution in [0, 0.1) is 0 Å². The van der Waals surface area contributed by atoms with E-state index in [4.69, 9.17) is 19.7 Å². The first-order chi connectivity index (χ1) is 10.9. The molecule has 0 aromatic carbocycles. The van der Waals surface area contributed by atoms with E-state index in [0.717, 1.165) is 0 Å². The number of hydrogen-bond donors (Lipinski definition) is 2. The van der Waals surface area contributed by atoms with Gasteiger partial charge in [0, 0.05) is 11.1 Å². The van der Waals surface area contributed by atoms with Crippen LogP contribution in [-0.2, 0) is 9.47 Å². The van der Waals surface area contributed by atoms with Crippen LogP contribution >= 0.6 is 0 Å². The Labute approximate surface area is 143 Å². The van der Waals surface area contributed by atoms with Gasteiger partial charge in [0.1, 0.15) is 12.2 Å². The fraction of sp³-hybridized carbons (Fsp3) is 0.875. The average molecular weight is 346 g/mol. The molecule has 0 bridgehead atoms. The number of ether oxygens (including phenoxy) is 2. The van der Waals surface area contributed by atoms with Crippen LogP contribution in [0.3, 0.4) is 0 Å². The number of nitrogens with zero attached hydrogens (tertiary/aromatic N) is 2. The van der Waals surface area contributed by atoms with Crippen molar-refractivity contribution in [2.75, 3.05) is 26.3 Å². The lowest BCUT2D eigenvalue weighted by molar-refractivity contribution is 0.0922. The lowest BCUT2D eigenvalue weighted by Gasteiger charge is -2.29. The van der Waals surface area contributed by atoms with E-state index in [0.29, 0.717) is 13.1 Å². The maximum absolute atomic E-state index is 11.2. The van der Waals surface area contributed by atoms with Gasteiger partial charge >= 0.3 is 12.2 Å². The maximum atomic E-state index is 11.2. The molecular formula is C16H30N2O6. The molecule has 24 heavy (non-hydrogen) atoms. The third-order valence-electron chi connectivity index (χ3n) is 3.77. The van der Waals surface area contributed by atoms with Crippen molar-refractivity contribution in [1.29, 1.82) is 0 Å². The number of aliphatic hydroxyl groups is 2. The molecule has 2 N–H and O–H groups in total. The lowest BCUT2D eigenvalue weighted by atomic mass is 10.1. The Morgan fingerprint density at radius 2 is 1.12 bits per heavy atom. The zero-order chi connectivity index (χ0) is 18.7. The number of rotatable bonds is 2. The van der Waals surface area contributed by atoms with Crippen molar-refractivity contribution >= 4 is 12.2 Å². The van der Waals surface area contributed by atoms with E-state index < -0.39 is 0 Å². The van der Waals surface area contributed by atoms with Crippen molar-refractivity contribution < 1.29 is 29.3 Å². The van der Waals surface area contributed by atoms with Crippen molar-refractivity contribution in [1.82, 2.24) is 9.80 Å². The van der Waals surface area contributed by atoms with E-state index in [1.54, 1.807) is 9.80 Å². The standard InChI is InChI=1S/2C8H15NO3/c2*1-8(2,3)9-4-6(5-10)12-7(9)11/h2*6,10H,4-5H2,1-3H3/t2*6-/m10/s1. The van der Waals surface area contributed by atoms with Crippen LogP contribution in [0.25, 0.3) is 0 Å². The molecule has 8 nitrogen and oxygen atoms in total. The maximum Gasteiger partial charge on any atom is 0.410 e. The van der Waals surface area contributed by atoms with E-state index in [-0.39, 0.29) is 48.7 Å². The van der Waals surface area contributed by atoms with Gasteiger partial charge in [-0.2, -0.15) is 0 Å². The SMILES string of the molecule is CC(C)(C)N1C[C@@H](CO)OC1=O.CC(C)(C)N1C[C@H](CO)OC1=O. The molecule has 2 aliphatic rings. The number of hydrogen-bond acceptors (Lipinski definition) is 6. The van der Waals surface area contributed by atoms with Crippen LogP contribution in [0.2, 0.25) is 0 Å². The molecule has 2 rings (SSSR count). The molecule has 2 aliphatic heterocycles. The number of carbonyl (C=O) groups excluding carboxylic acids is 2. The molecule has 0 aromatic heterocycles. The summed E-state index contributed by atoms with van der Waals surface area (Å²) in [6.45, 7) is 12.4. The van der Waals surface area contributed by atoms with Gasteiger partial charge in [-0.3, -0.25) is 9.80 Å². The van der Waals surface area contributed by atoms with Crippen LogP contribution in [0.15, 0.2) is 0 Å². The van der Waals surface area contributed by atoms with Crippen molar-refractivity contribution in [3.05, 3.63) is 0 Å². The van der Waals surface area contributed by atoms with Crippen LogP contribution in [-0.4, -0.2) is 81.8 Å².